The highest BCUT2D eigenvalue weighted by Crippen LogP contribution is 2.29. The van der Waals surface area contributed by atoms with Crippen LogP contribution in [0.25, 0.3) is 0 Å². The van der Waals surface area contributed by atoms with Gasteiger partial charge in [-0.15, -0.1) is 0 Å². The van der Waals surface area contributed by atoms with E-state index in [9.17, 15) is 14.9 Å². The smallest absolute Gasteiger partial charge is 0.271 e. The van der Waals surface area contributed by atoms with Crippen molar-refractivity contribution in [2.24, 2.45) is 11.8 Å². The molecule has 1 heterocycles. The molecule has 1 aromatic rings. The number of carbonyl (C=O) groups excluding carboxylic acids is 1. The number of anilines is 1. The van der Waals surface area contributed by atoms with E-state index in [-0.39, 0.29) is 17.6 Å². The normalized spacial score (nSPS) is 22.7. The fraction of sp³-hybridized carbons (Fsp3) is 0.588. The summed E-state index contributed by atoms with van der Waals surface area (Å²) in [5, 5.41) is 13.7. The van der Waals surface area contributed by atoms with Gasteiger partial charge in [0.1, 0.15) is 5.75 Å². The van der Waals surface area contributed by atoms with Gasteiger partial charge in [0.05, 0.1) is 23.8 Å². The van der Waals surface area contributed by atoms with Crippen molar-refractivity contribution in [1.82, 2.24) is 4.90 Å². The van der Waals surface area contributed by atoms with Crippen LogP contribution < -0.4 is 10.1 Å². The maximum atomic E-state index is 12.6. The summed E-state index contributed by atoms with van der Waals surface area (Å²) in [6.07, 6.45) is 1.17. The standard InChI is InChI=1S/C17H25N3O4/c1-11-7-12(2)10-19(9-11)13(3)17(21)18-15-8-14(20(22)23)5-6-16(15)24-4/h5-6,8,11-13H,7,9-10H2,1-4H3,(H,18,21)/t11-,12+,13-/m0/s1. The molecule has 1 saturated heterocycles. The summed E-state index contributed by atoms with van der Waals surface area (Å²) in [5.74, 6) is 1.32. The van der Waals surface area contributed by atoms with Crippen LogP contribution in [-0.4, -0.2) is 42.0 Å². The van der Waals surface area contributed by atoms with Crippen LogP contribution in [-0.2, 0) is 4.79 Å². The summed E-state index contributed by atoms with van der Waals surface area (Å²) in [5.41, 5.74) is 0.237. The lowest BCUT2D eigenvalue weighted by atomic mass is 9.91. The first-order chi connectivity index (χ1) is 11.3. The van der Waals surface area contributed by atoms with Gasteiger partial charge < -0.3 is 10.1 Å². The number of carbonyl (C=O) groups is 1. The summed E-state index contributed by atoms with van der Waals surface area (Å²) >= 11 is 0. The molecule has 1 aliphatic heterocycles. The maximum absolute atomic E-state index is 12.6. The molecular formula is C17H25N3O4. The number of methoxy groups -OCH3 is 1. The Balaban J connectivity index is 2.13. The molecule has 0 aromatic heterocycles. The van der Waals surface area contributed by atoms with E-state index < -0.39 is 4.92 Å². The quantitative estimate of drug-likeness (QED) is 0.660. The molecule has 1 amide bonds. The summed E-state index contributed by atoms with van der Waals surface area (Å²) in [4.78, 5) is 25.2. The molecule has 1 N–H and O–H groups in total. The van der Waals surface area contributed by atoms with Gasteiger partial charge in [-0.25, -0.2) is 0 Å². The second-order valence-corrected chi connectivity index (χ2v) is 6.71. The number of nitrogens with one attached hydrogen (secondary N) is 1. The van der Waals surface area contributed by atoms with Crippen LogP contribution in [0.4, 0.5) is 11.4 Å². The lowest BCUT2D eigenvalue weighted by Gasteiger charge is -2.38. The predicted molar refractivity (Wildman–Crippen MR) is 92.3 cm³/mol. The van der Waals surface area contributed by atoms with Crippen LogP contribution in [0.2, 0.25) is 0 Å². The number of non-ortho nitro benzene ring substituents is 1. The first-order valence-electron chi connectivity index (χ1n) is 8.19. The molecule has 1 aliphatic rings. The Morgan fingerprint density at radius 1 is 1.38 bits per heavy atom. The predicted octanol–water partition coefficient (Wildman–Crippen LogP) is 2.91. The van der Waals surface area contributed by atoms with E-state index in [0.717, 1.165) is 13.1 Å². The molecule has 7 heteroatoms. The van der Waals surface area contributed by atoms with Crippen molar-refractivity contribution < 1.29 is 14.5 Å². The molecule has 2 rings (SSSR count). The second-order valence-electron chi connectivity index (χ2n) is 6.71. The number of amides is 1. The minimum Gasteiger partial charge on any atom is -0.495 e. The van der Waals surface area contributed by atoms with E-state index in [1.165, 1.54) is 31.7 Å². The number of hydrogen-bond acceptors (Lipinski definition) is 5. The van der Waals surface area contributed by atoms with Crippen molar-refractivity contribution >= 4 is 17.3 Å². The molecule has 7 nitrogen and oxygen atoms in total. The Morgan fingerprint density at radius 2 is 2.00 bits per heavy atom. The van der Waals surface area contributed by atoms with Gasteiger partial charge in [-0.3, -0.25) is 19.8 Å². The molecule has 0 radical (unpaired) electrons. The minimum atomic E-state index is -0.494. The number of hydrogen-bond donors (Lipinski definition) is 1. The number of nitro groups is 1. The van der Waals surface area contributed by atoms with Gasteiger partial charge in [0, 0.05) is 25.2 Å². The van der Waals surface area contributed by atoms with Gasteiger partial charge in [0.25, 0.3) is 5.69 Å². The fourth-order valence-electron chi connectivity index (χ4n) is 3.34. The zero-order valence-electron chi connectivity index (χ0n) is 14.6. The first-order valence-corrected chi connectivity index (χ1v) is 8.19. The van der Waals surface area contributed by atoms with E-state index in [1.54, 1.807) is 0 Å². The highest BCUT2D eigenvalue weighted by Gasteiger charge is 2.29. The summed E-state index contributed by atoms with van der Waals surface area (Å²) < 4.78 is 5.19. The van der Waals surface area contributed by atoms with Crippen molar-refractivity contribution in [2.75, 3.05) is 25.5 Å². The number of nitro benzene ring substituents is 1. The third kappa shape index (κ3) is 4.23. The van der Waals surface area contributed by atoms with Crippen LogP contribution in [0.15, 0.2) is 18.2 Å². The summed E-state index contributed by atoms with van der Waals surface area (Å²) in [6.45, 7) is 8.01. The molecule has 1 fully saturated rings. The zero-order chi connectivity index (χ0) is 17.9. The van der Waals surface area contributed by atoms with Gasteiger partial charge >= 0.3 is 0 Å². The van der Waals surface area contributed by atoms with Gasteiger partial charge in [0.15, 0.2) is 0 Å². The van der Waals surface area contributed by atoms with Crippen LogP contribution in [0.1, 0.15) is 27.2 Å². The highest BCUT2D eigenvalue weighted by molar-refractivity contribution is 5.96. The number of rotatable bonds is 5. The molecule has 0 unspecified atom stereocenters. The van der Waals surface area contributed by atoms with Crippen molar-refractivity contribution in [3.8, 4) is 5.75 Å². The molecule has 0 aliphatic carbocycles. The SMILES string of the molecule is COc1ccc([N+](=O)[O-])cc1NC(=O)[C@H](C)N1C[C@H](C)C[C@H](C)C1. The Labute approximate surface area is 142 Å². The van der Waals surface area contributed by atoms with E-state index in [1.807, 2.05) is 6.92 Å². The number of likely N-dealkylation sites (tertiary alicyclic amines) is 1. The molecule has 3 atom stereocenters. The monoisotopic (exact) mass is 335 g/mol. The molecule has 132 valence electrons. The van der Waals surface area contributed by atoms with Crippen molar-refractivity contribution in [3.63, 3.8) is 0 Å². The van der Waals surface area contributed by atoms with Crippen molar-refractivity contribution in [1.29, 1.82) is 0 Å². The van der Waals surface area contributed by atoms with Gasteiger partial charge in [-0.2, -0.15) is 0 Å². The van der Waals surface area contributed by atoms with E-state index in [0.29, 0.717) is 23.3 Å². The van der Waals surface area contributed by atoms with Crippen molar-refractivity contribution in [3.05, 3.63) is 28.3 Å². The summed E-state index contributed by atoms with van der Waals surface area (Å²) in [6, 6.07) is 3.86. The van der Waals surface area contributed by atoms with Gasteiger partial charge in [-0.1, -0.05) is 13.8 Å². The van der Waals surface area contributed by atoms with Crippen LogP contribution in [0.5, 0.6) is 5.75 Å². The topological polar surface area (TPSA) is 84.7 Å². The molecule has 0 saturated carbocycles. The molecule has 1 aromatic carbocycles. The second kappa shape index (κ2) is 7.61. The Hall–Kier alpha value is -2.15. The minimum absolute atomic E-state index is 0.0843. The number of piperidine rings is 1. The average Bonchev–Trinajstić information content (AvgIpc) is 2.52. The Kier molecular flexibility index (Phi) is 5.77. The van der Waals surface area contributed by atoms with E-state index in [4.69, 9.17) is 4.74 Å². The van der Waals surface area contributed by atoms with E-state index >= 15 is 0 Å². The Morgan fingerprint density at radius 3 is 2.54 bits per heavy atom. The lowest BCUT2D eigenvalue weighted by Crippen LogP contribution is -2.48. The molecule has 0 bridgehead atoms. The number of nitrogens with zero attached hydrogens (tertiary/aromatic N) is 2. The fourth-order valence-corrected chi connectivity index (χ4v) is 3.34. The third-order valence-corrected chi connectivity index (χ3v) is 4.48. The number of benzene rings is 1. The van der Waals surface area contributed by atoms with Crippen LogP contribution in [0, 0.1) is 22.0 Å². The molecular weight excluding hydrogens is 310 g/mol. The Bertz CT molecular complexity index is 610. The number of ether oxygens (including phenoxy) is 1. The summed E-state index contributed by atoms with van der Waals surface area (Å²) in [7, 11) is 1.47. The zero-order valence-corrected chi connectivity index (χ0v) is 14.6. The van der Waals surface area contributed by atoms with Gasteiger partial charge in [0.2, 0.25) is 5.91 Å². The third-order valence-electron chi connectivity index (χ3n) is 4.48. The molecule has 24 heavy (non-hydrogen) atoms. The van der Waals surface area contributed by atoms with Gasteiger partial charge in [-0.05, 0) is 31.2 Å². The maximum Gasteiger partial charge on any atom is 0.271 e. The van der Waals surface area contributed by atoms with Crippen LogP contribution in [0.3, 0.4) is 0 Å². The van der Waals surface area contributed by atoms with Crippen LogP contribution >= 0.6 is 0 Å². The lowest BCUT2D eigenvalue weighted by molar-refractivity contribution is -0.384. The first kappa shape index (κ1) is 18.2. The highest BCUT2D eigenvalue weighted by atomic mass is 16.6. The van der Waals surface area contributed by atoms with E-state index in [2.05, 4.69) is 24.1 Å². The molecule has 0 spiro atoms. The van der Waals surface area contributed by atoms with Crippen molar-refractivity contribution in [2.45, 2.75) is 33.2 Å². The largest absolute Gasteiger partial charge is 0.495 e. The average molecular weight is 335 g/mol.